The summed E-state index contributed by atoms with van der Waals surface area (Å²) in [5.41, 5.74) is 2.66. The first kappa shape index (κ1) is 17.3. The van der Waals surface area contributed by atoms with Crippen molar-refractivity contribution in [2.75, 3.05) is 12.4 Å². The molecule has 0 bridgehead atoms. The molecule has 128 valence electrons. The Bertz CT molecular complexity index is 900. The van der Waals surface area contributed by atoms with Crippen LogP contribution in [0.3, 0.4) is 0 Å². The Hall–Kier alpha value is -2.51. The van der Waals surface area contributed by atoms with Crippen LogP contribution in [-0.2, 0) is 11.2 Å². The summed E-state index contributed by atoms with van der Waals surface area (Å²) in [7, 11) is 1.37. The lowest BCUT2D eigenvalue weighted by atomic mass is 10.1. The van der Waals surface area contributed by atoms with Gasteiger partial charge >= 0.3 is 5.97 Å². The second-order valence-electron chi connectivity index (χ2n) is 5.50. The van der Waals surface area contributed by atoms with Gasteiger partial charge in [0.25, 0.3) is 0 Å². The van der Waals surface area contributed by atoms with Gasteiger partial charge in [0.1, 0.15) is 5.00 Å². The molecule has 2 aromatic heterocycles. The second-order valence-corrected chi connectivity index (χ2v) is 7.03. The molecule has 0 aliphatic rings. The van der Waals surface area contributed by atoms with Crippen LogP contribution in [0, 0.1) is 6.92 Å². The topological polar surface area (TPSA) is 56.1 Å². The molecule has 0 saturated heterocycles. The number of hydrogen-bond acceptors (Lipinski definition) is 5. The number of carbonyl (C=O) groups is 1. The van der Waals surface area contributed by atoms with Crippen LogP contribution in [-0.4, -0.2) is 28.0 Å². The van der Waals surface area contributed by atoms with Crippen LogP contribution in [0.1, 0.15) is 26.4 Å². The van der Waals surface area contributed by atoms with Gasteiger partial charge in [-0.3, -0.25) is 0 Å². The summed E-state index contributed by atoms with van der Waals surface area (Å²) >= 11 is 6.87. The molecule has 0 aliphatic heterocycles. The minimum Gasteiger partial charge on any atom is -0.465 e. The number of nitrogens with one attached hydrogen (secondary N) is 1. The van der Waals surface area contributed by atoms with Crippen LogP contribution >= 0.6 is 23.6 Å². The number of thiocarbonyl (C=S) groups is 1. The molecule has 5 nitrogen and oxygen atoms in total. The fourth-order valence-corrected chi connectivity index (χ4v) is 3.70. The fraction of sp³-hybridized carbons (Fsp3) is 0.167. The molecular weight excluding hydrogens is 354 g/mol. The molecule has 0 spiro atoms. The lowest BCUT2D eigenvalue weighted by molar-refractivity contribution is 0.0602. The monoisotopic (exact) mass is 371 g/mol. The maximum Gasteiger partial charge on any atom is 0.340 e. The molecule has 25 heavy (non-hydrogen) atoms. The minimum absolute atomic E-state index is 0.391. The number of aromatic nitrogens is 2. The number of ether oxygens (including phenoxy) is 1. The standard InChI is InChI=1S/C18H17N3O2S2/c1-12-10-19-21(11-12)18(24)20-16-15(17(22)23-2)9-14(25-16)8-13-6-4-3-5-7-13/h3-7,9-11H,8H2,1-2H3,(H,20,24). The van der Waals surface area contributed by atoms with Crippen molar-refractivity contribution in [3.63, 3.8) is 0 Å². The van der Waals surface area contributed by atoms with Gasteiger partial charge in [-0.15, -0.1) is 11.3 Å². The molecule has 0 atom stereocenters. The predicted octanol–water partition coefficient (Wildman–Crippen LogP) is 3.88. The number of methoxy groups -OCH3 is 1. The van der Waals surface area contributed by atoms with Gasteiger partial charge in [0.15, 0.2) is 5.11 Å². The van der Waals surface area contributed by atoms with Crippen LogP contribution in [0.25, 0.3) is 0 Å². The second kappa shape index (κ2) is 7.58. The van der Waals surface area contributed by atoms with Crippen molar-refractivity contribution in [2.24, 2.45) is 0 Å². The highest BCUT2D eigenvalue weighted by atomic mass is 32.1. The zero-order chi connectivity index (χ0) is 17.8. The summed E-state index contributed by atoms with van der Waals surface area (Å²) in [6, 6.07) is 11.9. The third-order valence-corrected chi connectivity index (χ3v) is 4.89. The molecule has 0 radical (unpaired) electrons. The van der Waals surface area contributed by atoms with E-state index in [9.17, 15) is 4.79 Å². The van der Waals surface area contributed by atoms with Gasteiger partial charge in [-0.25, -0.2) is 9.48 Å². The van der Waals surface area contributed by atoms with Gasteiger partial charge in [0, 0.05) is 17.5 Å². The van der Waals surface area contributed by atoms with Crippen LogP contribution < -0.4 is 5.32 Å². The van der Waals surface area contributed by atoms with E-state index >= 15 is 0 Å². The van der Waals surface area contributed by atoms with E-state index in [0.717, 1.165) is 16.9 Å². The third kappa shape index (κ3) is 4.12. The molecule has 0 saturated carbocycles. The Kier molecular flexibility index (Phi) is 5.25. The largest absolute Gasteiger partial charge is 0.465 e. The number of nitrogens with zero attached hydrogens (tertiary/aromatic N) is 2. The molecule has 7 heteroatoms. The van der Waals surface area contributed by atoms with Crippen molar-refractivity contribution >= 4 is 39.6 Å². The highest BCUT2D eigenvalue weighted by Crippen LogP contribution is 2.30. The van der Waals surface area contributed by atoms with Crippen molar-refractivity contribution < 1.29 is 9.53 Å². The van der Waals surface area contributed by atoms with Crippen molar-refractivity contribution in [1.82, 2.24) is 9.78 Å². The number of rotatable bonds is 4. The van der Waals surface area contributed by atoms with E-state index in [1.54, 1.807) is 10.9 Å². The highest BCUT2D eigenvalue weighted by molar-refractivity contribution is 7.80. The number of thiophene rings is 1. The van der Waals surface area contributed by atoms with E-state index in [0.29, 0.717) is 15.7 Å². The Morgan fingerprint density at radius 1 is 1.36 bits per heavy atom. The molecule has 0 aliphatic carbocycles. The normalized spacial score (nSPS) is 10.5. The lowest BCUT2D eigenvalue weighted by Crippen LogP contribution is -2.20. The molecule has 3 aromatic rings. The number of aryl methyl sites for hydroxylation is 1. The Morgan fingerprint density at radius 3 is 2.76 bits per heavy atom. The highest BCUT2D eigenvalue weighted by Gasteiger charge is 2.18. The van der Waals surface area contributed by atoms with Crippen LogP contribution in [0.2, 0.25) is 0 Å². The molecule has 3 rings (SSSR count). The maximum absolute atomic E-state index is 12.1. The predicted molar refractivity (Wildman–Crippen MR) is 103 cm³/mol. The summed E-state index contributed by atoms with van der Waals surface area (Å²) in [5.74, 6) is -0.391. The van der Waals surface area contributed by atoms with Gasteiger partial charge in [0.05, 0.1) is 18.9 Å². The van der Waals surface area contributed by atoms with E-state index in [1.807, 2.05) is 37.4 Å². The van der Waals surface area contributed by atoms with E-state index in [1.165, 1.54) is 24.0 Å². The Labute approximate surface area is 155 Å². The molecule has 0 unspecified atom stereocenters. The average Bonchev–Trinajstić information content (AvgIpc) is 3.21. The zero-order valence-corrected chi connectivity index (χ0v) is 15.5. The number of anilines is 1. The Morgan fingerprint density at radius 2 is 2.12 bits per heavy atom. The summed E-state index contributed by atoms with van der Waals surface area (Å²) in [4.78, 5) is 13.2. The van der Waals surface area contributed by atoms with E-state index in [-0.39, 0.29) is 0 Å². The number of esters is 1. The number of carbonyl (C=O) groups excluding carboxylic acids is 1. The van der Waals surface area contributed by atoms with Gasteiger partial charge < -0.3 is 10.1 Å². The summed E-state index contributed by atoms with van der Waals surface area (Å²) < 4.78 is 6.47. The van der Waals surface area contributed by atoms with Crippen LogP contribution in [0.4, 0.5) is 5.00 Å². The van der Waals surface area contributed by atoms with Crippen LogP contribution in [0.5, 0.6) is 0 Å². The average molecular weight is 371 g/mol. The third-order valence-electron chi connectivity index (χ3n) is 3.55. The fourth-order valence-electron chi connectivity index (χ4n) is 2.36. The van der Waals surface area contributed by atoms with Crippen molar-refractivity contribution in [3.05, 3.63) is 70.4 Å². The van der Waals surface area contributed by atoms with Crippen LogP contribution in [0.15, 0.2) is 48.8 Å². The van der Waals surface area contributed by atoms with Crippen molar-refractivity contribution in [2.45, 2.75) is 13.3 Å². The molecule has 1 aromatic carbocycles. The molecule has 0 amide bonds. The van der Waals surface area contributed by atoms with Gasteiger partial charge in [0.2, 0.25) is 0 Å². The van der Waals surface area contributed by atoms with Crippen molar-refractivity contribution in [3.8, 4) is 0 Å². The number of benzene rings is 1. The summed E-state index contributed by atoms with van der Waals surface area (Å²) in [6.45, 7) is 1.94. The summed E-state index contributed by atoms with van der Waals surface area (Å²) in [6.07, 6.45) is 4.29. The summed E-state index contributed by atoms with van der Waals surface area (Å²) in [5, 5.41) is 8.37. The van der Waals surface area contributed by atoms with Gasteiger partial charge in [-0.05, 0) is 36.3 Å². The quantitative estimate of drug-likeness (QED) is 0.557. The Balaban J connectivity index is 1.86. The molecule has 2 heterocycles. The van der Waals surface area contributed by atoms with Gasteiger partial charge in [-0.2, -0.15) is 5.10 Å². The first-order valence-electron chi connectivity index (χ1n) is 7.64. The van der Waals surface area contributed by atoms with E-state index in [4.69, 9.17) is 17.0 Å². The molecule has 0 fully saturated rings. The number of hydrogen-bond donors (Lipinski definition) is 1. The smallest absolute Gasteiger partial charge is 0.340 e. The van der Waals surface area contributed by atoms with E-state index in [2.05, 4.69) is 22.5 Å². The van der Waals surface area contributed by atoms with E-state index < -0.39 is 5.97 Å². The van der Waals surface area contributed by atoms with Crippen molar-refractivity contribution in [1.29, 1.82) is 0 Å². The lowest BCUT2D eigenvalue weighted by Gasteiger charge is -2.07. The first-order chi connectivity index (χ1) is 12.1. The van der Waals surface area contributed by atoms with Gasteiger partial charge in [-0.1, -0.05) is 30.3 Å². The maximum atomic E-state index is 12.1. The zero-order valence-electron chi connectivity index (χ0n) is 13.9. The molecular formula is C18H17N3O2S2. The first-order valence-corrected chi connectivity index (χ1v) is 8.87. The SMILES string of the molecule is COC(=O)c1cc(Cc2ccccc2)sc1NC(=S)n1cc(C)cn1. The minimum atomic E-state index is -0.391. The molecule has 1 N–H and O–H groups in total.